The van der Waals surface area contributed by atoms with Crippen LogP contribution in [0.3, 0.4) is 0 Å². The second kappa shape index (κ2) is 7.09. The molecule has 1 aromatic carbocycles. The molecule has 0 aliphatic carbocycles. The van der Waals surface area contributed by atoms with Gasteiger partial charge in [0.2, 0.25) is 5.91 Å². The van der Waals surface area contributed by atoms with Gasteiger partial charge in [0.05, 0.1) is 18.1 Å². The summed E-state index contributed by atoms with van der Waals surface area (Å²) >= 11 is 3.37. The number of hydrogen-bond acceptors (Lipinski definition) is 3. The molecule has 2 rings (SSSR count). The van der Waals surface area contributed by atoms with Crippen LogP contribution in [0.1, 0.15) is 19.8 Å². The van der Waals surface area contributed by atoms with Crippen molar-refractivity contribution in [1.82, 2.24) is 9.78 Å². The molecule has 0 aliphatic heterocycles. The van der Waals surface area contributed by atoms with Gasteiger partial charge in [-0.3, -0.25) is 4.79 Å². The first-order chi connectivity index (χ1) is 9.67. The van der Waals surface area contributed by atoms with Gasteiger partial charge in [0.1, 0.15) is 5.75 Å². The summed E-state index contributed by atoms with van der Waals surface area (Å²) in [4.78, 5) is 11.4. The van der Waals surface area contributed by atoms with Crippen molar-refractivity contribution in [2.45, 2.75) is 26.5 Å². The van der Waals surface area contributed by atoms with Crippen molar-refractivity contribution in [2.75, 3.05) is 5.32 Å². The molecule has 1 heterocycles. The lowest BCUT2D eigenvalue weighted by Crippen LogP contribution is -2.10. The lowest BCUT2D eigenvalue weighted by atomic mass is 10.3. The number of hydrogen-bond donors (Lipinski definition) is 1. The van der Waals surface area contributed by atoms with E-state index in [2.05, 4.69) is 26.3 Å². The number of anilines is 1. The number of carbonyl (C=O) groups excluding carboxylic acids is 1. The Labute approximate surface area is 126 Å². The summed E-state index contributed by atoms with van der Waals surface area (Å²) in [6, 6.07) is 7.57. The lowest BCUT2D eigenvalue weighted by molar-refractivity contribution is -0.116. The molecule has 0 saturated carbocycles. The molecule has 1 amide bonds. The van der Waals surface area contributed by atoms with Crippen LogP contribution in [0.15, 0.2) is 41.1 Å². The molecule has 106 valence electrons. The molecule has 0 saturated heterocycles. The van der Waals surface area contributed by atoms with Crippen LogP contribution >= 0.6 is 15.9 Å². The molecule has 1 N–H and O–H groups in total. The number of amides is 1. The molecule has 2 aromatic rings. The molecule has 5 nitrogen and oxygen atoms in total. The molecule has 0 fully saturated rings. The molecule has 20 heavy (non-hydrogen) atoms. The quantitative estimate of drug-likeness (QED) is 0.878. The minimum absolute atomic E-state index is 0.000813. The van der Waals surface area contributed by atoms with E-state index in [0.717, 1.165) is 16.6 Å². The number of nitrogens with one attached hydrogen (secondary N) is 1. The minimum atomic E-state index is 0.000813. The standard InChI is InChI=1S/C14H16BrN3O2/c1-2-3-14(19)17-12-8-16-18(9-12)10-20-13-6-4-11(15)5-7-13/h4-9H,2-3,10H2,1H3,(H,17,19). The molecule has 0 unspecified atom stereocenters. The summed E-state index contributed by atoms with van der Waals surface area (Å²) in [5.41, 5.74) is 0.683. The number of carbonyl (C=O) groups is 1. The molecule has 6 heteroatoms. The number of benzene rings is 1. The first kappa shape index (κ1) is 14.6. The van der Waals surface area contributed by atoms with E-state index < -0.39 is 0 Å². The summed E-state index contributed by atoms with van der Waals surface area (Å²) < 4.78 is 8.21. The maximum absolute atomic E-state index is 11.4. The highest BCUT2D eigenvalue weighted by atomic mass is 79.9. The fourth-order valence-corrected chi connectivity index (χ4v) is 1.89. The van der Waals surface area contributed by atoms with Gasteiger partial charge >= 0.3 is 0 Å². The van der Waals surface area contributed by atoms with E-state index >= 15 is 0 Å². The third kappa shape index (κ3) is 4.38. The number of aromatic nitrogens is 2. The van der Waals surface area contributed by atoms with Crippen molar-refractivity contribution in [3.05, 3.63) is 41.1 Å². The van der Waals surface area contributed by atoms with Gasteiger partial charge in [0.25, 0.3) is 0 Å². The van der Waals surface area contributed by atoms with Crippen molar-refractivity contribution < 1.29 is 9.53 Å². The molecule has 0 aliphatic rings. The van der Waals surface area contributed by atoms with Crippen LogP contribution in [0, 0.1) is 0 Å². The topological polar surface area (TPSA) is 56.2 Å². The van der Waals surface area contributed by atoms with E-state index in [9.17, 15) is 4.79 Å². The zero-order valence-electron chi connectivity index (χ0n) is 11.2. The van der Waals surface area contributed by atoms with Gasteiger partial charge in [-0.2, -0.15) is 5.10 Å². The predicted octanol–water partition coefficient (Wildman–Crippen LogP) is 3.42. The van der Waals surface area contributed by atoms with Gasteiger partial charge in [-0.25, -0.2) is 4.68 Å². The van der Waals surface area contributed by atoms with Gasteiger partial charge < -0.3 is 10.1 Å². The maximum Gasteiger partial charge on any atom is 0.224 e. The highest BCUT2D eigenvalue weighted by molar-refractivity contribution is 9.10. The van der Waals surface area contributed by atoms with Gasteiger partial charge in [0.15, 0.2) is 6.73 Å². The van der Waals surface area contributed by atoms with Gasteiger partial charge in [0, 0.05) is 10.9 Å². The van der Waals surface area contributed by atoms with Crippen LogP contribution in [-0.2, 0) is 11.5 Å². The maximum atomic E-state index is 11.4. The Kier molecular flexibility index (Phi) is 5.17. The summed E-state index contributed by atoms with van der Waals surface area (Å²) in [6.07, 6.45) is 4.69. The third-order valence-corrected chi connectivity index (χ3v) is 3.10. The van der Waals surface area contributed by atoms with E-state index in [4.69, 9.17) is 4.74 Å². The van der Waals surface area contributed by atoms with Crippen LogP contribution in [0.25, 0.3) is 0 Å². The second-order valence-corrected chi connectivity index (χ2v) is 5.21. The molecule has 0 radical (unpaired) electrons. The van der Waals surface area contributed by atoms with Crippen LogP contribution in [0.2, 0.25) is 0 Å². The smallest absolute Gasteiger partial charge is 0.224 e. The Balaban J connectivity index is 1.86. The molecular formula is C14H16BrN3O2. The summed E-state index contributed by atoms with van der Waals surface area (Å²) in [6.45, 7) is 2.26. The summed E-state index contributed by atoms with van der Waals surface area (Å²) in [5.74, 6) is 0.765. The van der Waals surface area contributed by atoms with E-state index in [0.29, 0.717) is 18.8 Å². The predicted molar refractivity (Wildman–Crippen MR) is 80.5 cm³/mol. The third-order valence-electron chi connectivity index (χ3n) is 2.57. The monoisotopic (exact) mass is 337 g/mol. The van der Waals surface area contributed by atoms with E-state index in [-0.39, 0.29) is 5.91 Å². The number of nitrogens with zero attached hydrogens (tertiary/aromatic N) is 2. The second-order valence-electron chi connectivity index (χ2n) is 4.29. The van der Waals surface area contributed by atoms with Crippen molar-refractivity contribution in [3.8, 4) is 5.75 Å². The van der Waals surface area contributed by atoms with E-state index in [1.165, 1.54) is 0 Å². The number of halogens is 1. The fourth-order valence-electron chi connectivity index (χ4n) is 1.62. The molecule has 0 atom stereocenters. The van der Waals surface area contributed by atoms with Gasteiger partial charge in [-0.15, -0.1) is 0 Å². The summed E-state index contributed by atoms with van der Waals surface area (Å²) in [5, 5.41) is 6.91. The average molecular weight is 338 g/mol. The lowest BCUT2D eigenvalue weighted by Gasteiger charge is -2.05. The van der Waals surface area contributed by atoms with Gasteiger partial charge in [-0.05, 0) is 30.7 Å². The first-order valence-electron chi connectivity index (χ1n) is 6.38. The summed E-state index contributed by atoms with van der Waals surface area (Å²) in [7, 11) is 0. The Morgan fingerprint density at radius 2 is 2.15 bits per heavy atom. The average Bonchev–Trinajstić information content (AvgIpc) is 2.86. The Bertz CT molecular complexity index is 566. The number of ether oxygens (including phenoxy) is 1. The van der Waals surface area contributed by atoms with E-state index in [1.54, 1.807) is 17.1 Å². The van der Waals surface area contributed by atoms with Crippen molar-refractivity contribution >= 4 is 27.5 Å². The fraction of sp³-hybridized carbons (Fsp3) is 0.286. The Morgan fingerprint density at radius 1 is 1.40 bits per heavy atom. The first-order valence-corrected chi connectivity index (χ1v) is 7.17. The highest BCUT2D eigenvalue weighted by Crippen LogP contribution is 2.16. The molecular weight excluding hydrogens is 322 g/mol. The number of rotatable bonds is 6. The van der Waals surface area contributed by atoms with Crippen molar-refractivity contribution in [1.29, 1.82) is 0 Å². The largest absolute Gasteiger partial charge is 0.471 e. The van der Waals surface area contributed by atoms with Crippen LogP contribution in [-0.4, -0.2) is 15.7 Å². The van der Waals surface area contributed by atoms with Crippen LogP contribution in [0.5, 0.6) is 5.75 Å². The van der Waals surface area contributed by atoms with Crippen molar-refractivity contribution in [3.63, 3.8) is 0 Å². The van der Waals surface area contributed by atoms with E-state index in [1.807, 2.05) is 31.2 Å². The highest BCUT2D eigenvalue weighted by Gasteiger charge is 2.03. The van der Waals surface area contributed by atoms with Gasteiger partial charge in [-0.1, -0.05) is 22.9 Å². The Morgan fingerprint density at radius 3 is 2.85 bits per heavy atom. The molecule has 1 aromatic heterocycles. The molecule has 0 spiro atoms. The van der Waals surface area contributed by atoms with Crippen LogP contribution < -0.4 is 10.1 Å². The SMILES string of the molecule is CCCC(=O)Nc1cnn(COc2ccc(Br)cc2)c1. The van der Waals surface area contributed by atoms with Crippen LogP contribution in [0.4, 0.5) is 5.69 Å². The van der Waals surface area contributed by atoms with Crippen molar-refractivity contribution in [2.24, 2.45) is 0 Å². The minimum Gasteiger partial charge on any atom is -0.471 e. The zero-order valence-corrected chi connectivity index (χ0v) is 12.8. The normalized spacial score (nSPS) is 10.3. The zero-order chi connectivity index (χ0) is 14.4. The molecule has 0 bridgehead atoms. The Hall–Kier alpha value is -1.82.